The van der Waals surface area contributed by atoms with Crippen molar-refractivity contribution in [1.29, 1.82) is 0 Å². The Morgan fingerprint density at radius 3 is 2.56 bits per heavy atom. The Balaban J connectivity index is 1.95. The molecule has 1 amide bonds. The van der Waals surface area contributed by atoms with Crippen molar-refractivity contribution in [3.8, 4) is 11.5 Å². The molecule has 0 aliphatic heterocycles. The molecule has 2 aromatic rings. The number of methoxy groups -OCH3 is 2. The zero-order chi connectivity index (χ0) is 18.2. The van der Waals surface area contributed by atoms with Crippen molar-refractivity contribution in [2.24, 2.45) is 0 Å². The van der Waals surface area contributed by atoms with Gasteiger partial charge in [0.2, 0.25) is 0 Å². The molecule has 0 aromatic heterocycles. The minimum absolute atomic E-state index is 0.0501. The molecule has 0 fully saturated rings. The minimum Gasteiger partial charge on any atom is -0.493 e. The van der Waals surface area contributed by atoms with E-state index in [2.05, 4.69) is 25.2 Å². The van der Waals surface area contributed by atoms with E-state index in [9.17, 15) is 9.18 Å². The van der Waals surface area contributed by atoms with Crippen LogP contribution in [0.2, 0.25) is 0 Å². The summed E-state index contributed by atoms with van der Waals surface area (Å²) in [6.45, 7) is 4.29. The molecule has 1 aliphatic rings. The van der Waals surface area contributed by atoms with E-state index in [4.69, 9.17) is 9.47 Å². The van der Waals surface area contributed by atoms with Crippen LogP contribution in [-0.2, 0) is 5.41 Å². The van der Waals surface area contributed by atoms with Crippen LogP contribution in [0.15, 0.2) is 36.4 Å². The Kier molecular flexibility index (Phi) is 4.41. The highest BCUT2D eigenvalue weighted by atomic mass is 19.1. The summed E-state index contributed by atoms with van der Waals surface area (Å²) >= 11 is 0. The van der Waals surface area contributed by atoms with Crippen LogP contribution in [0.25, 0.3) is 0 Å². The molecule has 1 aliphatic carbocycles. The molecule has 0 bridgehead atoms. The van der Waals surface area contributed by atoms with Gasteiger partial charge < -0.3 is 14.8 Å². The maximum absolute atomic E-state index is 14.3. The zero-order valence-electron chi connectivity index (χ0n) is 14.9. The van der Waals surface area contributed by atoms with Crippen molar-refractivity contribution in [2.75, 3.05) is 14.2 Å². The summed E-state index contributed by atoms with van der Waals surface area (Å²) in [7, 11) is 2.84. The summed E-state index contributed by atoms with van der Waals surface area (Å²) in [5.41, 5.74) is 2.09. The second-order valence-electron chi connectivity index (χ2n) is 6.86. The highest BCUT2D eigenvalue weighted by Gasteiger charge is 2.38. The molecule has 0 heterocycles. The van der Waals surface area contributed by atoms with Crippen LogP contribution in [0.3, 0.4) is 0 Å². The predicted octanol–water partition coefficient (Wildman–Crippen LogP) is 4.00. The normalized spacial score (nSPS) is 17.7. The van der Waals surface area contributed by atoms with Crippen LogP contribution < -0.4 is 14.8 Å². The largest absolute Gasteiger partial charge is 0.493 e. The number of nitrogens with one attached hydrogen (secondary N) is 1. The van der Waals surface area contributed by atoms with E-state index >= 15 is 0 Å². The molecule has 0 saturated carbocycles. The molecule has 0 spiro atoms. The predicted molar refractivity (Wildman–Crippen MR) is 93.8 cm³/mol. The first-order valence-corrected chi connectivity index (χ1v) is 8.20. The van der Waals surface area contributed by atoms with Gasteiger partial charge in [0, 0.05) is 0 Å². The summed E-state index contributed by atoms with van der Waals surface area (Å²) in [6.07, 6.45) is 0.756. The second-order valence-corrected chi connectivity index (χ2v) is 6.86. The van der Waals surface area contributed by atoms with Crippen molar-refractivity contribution in [3.05, 3.63) is 58.9 Å². The van der Waals surface area contributed by atoms with Gasteiger partial charge in [0.1, 0.15) is 11.4 Å². The number of rotatable bonds is 4. The van der Waals surface area contributed by atoms with Gasteiger partial charge in [0.15, 0.2) is 11.5 Å². The molecule has 2 aromatic carbocycles. The lowest BCUT2D eigenvalue weighted by molar-refractivity contribution is 0.0926. The fourth-order valence-corrected chi connectivity index (χ4v) is 3.62. The molecule has 0 saturated heterocycles. The number of ether oxygens (including phenoxy) is 2. The third-order valence-corrected chi connectivity index (χ3v) is 4.81. The highest BCUT2D eigenvalue weighted by Crippen LogP contribution is 2.44. The monoisotopic (exact) mass is 343 g/mol. The fourth-order valence-electron chi connectivity index (χ4n) is 3.62. The van der Waals surface area contributed by atoms with Crippen LogP contribution in [0.1, 0.15) is 47.8 Å². The van der Waals surface area contributed by atoms with E-state index in [-0.39, 0.29) is 22.8 Å². The Labute approximate surface area is 147 Å². The number of carbonyl (C=O) groups is 1. The smallest absolute Gasteiger partial charge is 0.258 e. The van der Waals surface area contributed by atoms with E-state index in [1.807, 2.05) is 18.2 Å². The molecule has 0 radical (unpaired) electrons. The summed E-state index contributed by atoms with van der Waals surface area (Å²) < 4.78 is 24.7. The molecule has 1 unspecified atom stereocenters. The zero-order valence-corrected chi connectivity index (χ0v) is 14.9. The van der Waals surface area contributed by atoms with E-state index in [0.29, 0.717) is 5.75 Å². The quantitative estimate of drug-likeness (QED) is 0.913. The van der Waals surface area contributed by atoms with Crippen LogP contribution in [0.5, 0.6) is 11.5 Å². The Morgan fingerprint density at radius 1 is 1.16 bits per heavy atom. The molecule has 3 rings (SSSR count). The van der Waals surface area contributed by atoms with Gasteiger partial charge in [-0.25, -0.2) is 4.39 Å². The standard InChI is InChI=1S/C20H22FNO3/c1-20(2)11-15(12-7-5-6-8-13(12)20)22-19(23)17-14(21)9-10-16(24-3)18(17)25-4/h5-10,15H,11H2,1-4H3,(H,22,23). The maximum atomic E-state index is 14.3. The van der Waals surface area contributed by atoms with Crippen molar-refractivity contribution in [1.82, 2.24) is 5.32 Å². The lowest BCUT2D eigenvalue weighted by Crippen LogP contribution is -2.29. The number of fused-ring (bicyclic) bond motifs is 1. The van der Waals surface area contributed by atoms with Crippen molar-refractivity contribution >= 4 is 5.91 Å². The molecule has 5 heteroatoms. The van der Waals surface area contributed by atoms with E-state index < -0.39 is 11.7 Å². The van der Waals surface area contributed by atoms with E-state index in [0.717, 1.165) is 12.0 Å². The number of hydrogen-bond acceptors (Lipinski definition) is 3. The lowest BCUT2D eigenvalue weighted by atomic mass is 9.86. The van der Waals surface area contributed by atoms with E-state index in [1.165, 1.54) is 31.9 Å². The molecule has 25 heavy (non-hydrogen) atoms. The average molecular weight is 343 g/mol. The van der Waals surface area contributed by atoms with Crippen LogP contribution in [0, 0.1) is 5.82 Å². The summed E-state index contributed by atoms with van der Waals surface area (Å²) in [4.78, 5) is 12.8. The van der Waals surface area contributed by atoms with Gasteiger partial charge in [0.25, 0.3) is 5.91 Å². The van der Waals surface area contributed by atoms with Gasteiger partial charge in [-0.15, -0.1) is 0 Å². The number of amides is 1. The van der Waals surface area contributed by atoms with Crippen molar-refractivity contribution in [2.45, 2.75) is 31.7 Å². The second kappa shape index (κ2) is 6.39. The number of hydrogen-bond donors (Lipinski definition) is 1. The number of carbonyl (C=O) groups excluding carboxylic acids is 1. The Morgan fingerprint density at radius 2 is 1.88 bits per heavy atom. The first kappa shape index (κ1) is 17.3. The van der Waals surface area contributed by atoms with E-state index in [1.54, 1.807) is 0 Å². The summed E-state index contributed by atoms with van der Waals surface area (Å²) in [5, 5.41) is 2.96. The topological polar surface area (TPSA) is 47.6 Å². The minimum atomic E-state index is -0.638. The van der Waals surface area contributed by atoms with Gasteiger partial charge in [-0.05, 0) is 35.1 Å². The molecular formula is C20H22FNO3. The van der Waals surface area contributed by atoms with Crippen molar-refractivity contribution in [3.63, 3.8) is 0 Å². The third-order valence-electron chi connectivity index (χ3n) is 4.81. The first-order chi connectivity index (χ1) is 11.9. The molecule has 4 nitrogen and oxygen atoms in total. The van der Waals surface area contributed by atoms with Gasteiger partial charge in [-0.2, -0.15) is 0 Å². The highest BCUT2D eigenvalue weighted by molar-refractivity contribution is 5.98. The Bertz CT molecular complexity index is 817. The summed E-state index contributed by atoms with van der Waals surface area (Å²) in [5.74, 6) is -0.724. The maximum Gasteiger partial charge on any atom is 0.258 e. The molecular weight excluding hydrogens is 321 g/mol. The van der Waals surface area contributed by atoms with Gasteiger partial charge in [0.05, 0.1) is 20.3 Å². The number of benzene rings is 2. The van der Waals surface area contributed by atoms with Gasteiger partial charge in [-0.3, -0.25) is 4.79 Å². The lowest BCUT2D eigenvalue weighted by Gasteiger charge is -2.20. The fraction of sp³-hybridized carbons (Fsp3) is 0.350. The molecule has 1 N–H and O–H groups in total. The van der Waals surface area contributed by atoms with Crippen LogP contribution >= 0.6 is 0 Å². The van der Waals surface area contributed by atoms with Gasteiger partial charge in [-0.1, -0.05) is 38.1 Å². The summed E-state index contributed by atoms with van der Waals surface area (Å²) in [6, 6.07) is 10.5. The Hall–Kier alpha value is -2.56. The molecule has 132 valence electrons. The van der Waals surface area contributed by atoms with Crippen LogP contribution in [-0.4, -0.2) is 20.1 Å². The molecule has 1 atom stereocenters. The number of halogens is 1. The van der Waals surface area contributed by atoms with Crippen molar-refractivity contribution < 1.29 is 18.7 Å². The average Bonchev–Trinajstić information content (AvgIpc) is 2.85. The SMILES string of the molecule is COc1ccc(F)c(C(=O)NC2CC(C)(C)c3ccccc32)c1OC. The third kappa shape index (κ3) is 2.95. The van der Waals surface area contributed by atoms with Gasteiger partial charge >= 0.3 is 0 Å². The first-order valence-electron chi connectivity index (χ1n) is 8.20. The van der Waals surface area contributed by atoms with Crippen LogP contribution in [0.4, 0.5) is 4.39 Å².